The van der Waals surface area contributed by atoms with Crippen LogP contribution >= 0.6 is 0 Å². The van der Waals surface area contributed by atoms with Crippen LogP contribution in [-0.4, -0.2) is 15.8 Å². The highest BCUT2D eigenvalue weighted by Gasteiger charge is 2.08. The first-order valence-electron chi connectivity index (χ1n) is 5.91. The Kier molecular flexibility index (Phi) is 3.46. The molecule has 98 valence electrons. The minimum atomic E-state index is -0.101. The van der Waals surface area contributed by atoms with E-state index in [4.69, 9.17) is 15.9 Å². The molecule has 0 radical (unpaired) electrons. The molecule has 0 spiro atoms. The largest absolute Gasteiger partial charge is 0.424 e. The summed E-state index contributed by atoms with van der Waals surface area (Å²) in [5.74, 6) is 0.599. The van der Waals surface area contributed by atoms with Crippen molar-refractivity contribution >= 4 is 5.84 Å². The van der Waals surface area contributed by atoms with E-state index in [9.17, 15) is 0 Å². The Morgan fingerprint density at radius 1 is 1.16 bits per heavy atom. The van der Waals surface area contributed by atoms with Crippen molar-refractivity contribution < 1.29 is 4.74 Å². The van der Waals surface area contributed by atoms with Crippen LogP contribution in [0.5, 0.6) is 11.8 Å². The summed E-state index contributed by atoms with van der Waals surface area (Å²) in [4.78, 5) is 8.30. The molecule has 0 aliphatic carbocycles. The molecule has 0 aliphatic heterocycles. The van der Waals surface area contributed by atoms with Crippen LogP contribution in [-0.2, 0) is 0 Å². The normalized spacial score (nSPS) is 10.3. The van der Waals surface area contributed by atoms with Crippen molar-refractivity contribution in [2.75, 3.05) is 0 Å². The number of nitrogens with zero attached hydrogens (tertiary/aromatic N) is 2. The highest BCUT2D eigenvalue weighted by Crippen LogP contribution is 2.23. The average molecular weight is 256 g/mol. The lowest BCUT2D eigenvalue weighted by Crippen LogP contribution is -2.14. The molecule has 0 atom stereocenters. The van der Waals surface area contributed by atoms with Gasteiger partial charge in [0, 0.05) is 5.69 Å². The highest BCUT2D eigenvalue weighted by atomic mass is 16.5. The van der Waals surface area contributed by atoms with Gasteiger partial charge in [0.15, 0.2) is 0 Å². The minimum absolute atomic E-state index is 0.101. The van der Waals surface area contributed by atoms with E-state index in [0.717, 1.165) is 5.56 Å². The third-order valence-corrected chi connectivity index (χ3v) is 2.64. The van der Waals surface area contributed by atoms with Crippen LogP contribution in [0.15, 0.2) is 24.3 Å². The van der Waals surface area contributed by atoms with Crippen LogP contribution in [0.2, 0.25) is 0 Å². The second kappa shape index (κ2) is 5.06. The minimum Gasteiger partial charge on any atom is -0.424 e. The molecule has 1 aromatic carbocycles. The molecule has 1 heterocycles. The first kappa shape index (κ1) is 13.0. The van der Waals surface area contributed by atoms with E-state index in [1.807, 2.05) is 39.0 Å². The topological polar surface area (TPSA) is 84.9 Å². The van der Waals surface area contributed by atoms with Gasteiger partial charge >= 0.3 is 6.01 Å². The molecule has 0 saturated carbocycles. The monoisotopic (exact) mass is 256 g/mol. The van der Waals surface area contributed by atoms with Gasteiger partial charge in [0.1, 0.15) is 17.3 Å². The number of rotatable bonds is 3. The third kappa shape index (κ3) is 3.07. The van der Waals surface area contributed by atoms with Crippen molar-refractivity contribution in [3.05, 3.63) is 46.8 Å². The summed E-state index contributed by atoms with van der Waals surface area (Å²) < 4.78 is 5.66. The van der Waals surface area contributed by atoms with E-state index in [1.54, 1.807) is 6.07 Å². The smallest absolute Gasteiger partial charge is 0.322 e. The summed E-state index contributed by atoms with van der Waals surface area (Å²) in [7, 11) is 0. The van der Waals surface area contributed by atoms with Crippen LogP contribution in [0.1, 0.15) is 22.5 Å². The summed E-state index contributed by atoms with van der Waals surface area (Å²) in [5.41, 5.74) is 8.68. The number of nitrogens with one attached hydrogen (secondary N) is 1. The van der Waals surface area contributed by atoms with E-state index < -0.39 is 0 Å². The number of aromatic nitrogens is 2. The Morgan fingerprint density at radius 2 is 1.89 bits per heavy atom. The van der Waals surface area contributed by atoms with Gasteiger partial charge in [-0.2, -0.15) is 4.98 Å². The fraction of sp³-hybridized carbons (Fsp3) is 0.214. The van der Waals surface area contributed by atoms with Gasteiger partial charge in [-0.05, 0) is 38.5 Å². The van der Waals surface area contributed by atoms with Crippen molar-refractivity contribution in [2.24, 2.45) is 5.73 Å². The van der Waals surface area contributed by atoms with Crippen molar-refractivity contribution in [3.8, 4) is 11.8 Å². The Hall–Kier alpha value is -2.43. The maximum absolute atomic E-state index is 7.41. The molecule has 2 aromatic rings. The molecule has 0 bridgehead atoms. The lowest BCUT2D eigenvalue weighted by molar-refractivity contribution is 0.436. The third-order valence-electron chi connectivity index (χ3n) is 2.64. The van der Waals surface area contributed by atoms with Gasteiger partial charge in [0.25, 0.3) is 0 Å². The lowest BCUT2D eigenvalue weighted by atomic mass is 10.1. The maximum atomic E-state index is 7.41. The van der Waals surface area contributed by atoms with Crippen LogP contribution < -0.4 is 10.5 Å². The quantitative estimate of drug-likeness (QED) is 0.652. The zero-order chi connectivity index (χ0) is 14.0. The summed E-state index contributed by atoms with van der Waals surface area (Å²) in [6.45, 7) is 5.79. The van der Waals surface area contributed by atoms with E-state index in [-0.39, 0.29) is 11.8 Å². The first-order valence-corrected chi connectivity index (χ1v) is 5.91. The van der Waals surface area contributed by atoms with Gasteiger partial charge in [-0.25, -0.2) is 4.98 Å². The number of ether oxygens (including phenoxy) is 1. The molecule has 0 aliphatic rings. The van der Waals surface area contributed by atoms with Gasteiger partial charge < -0.3 is 10.5 Å². The number of benzene rings is 1. The Bertz CT molecular complexity index is 637. The average Bonchev–Trinajstić information content (AvgIpc) is 2.32. The molecule has 1 aromatic heterocycles. The lowest BCUT2D eigenvalue weighted by Gasteiger charge is -2.09. The maximum Gasteiger partial charge on any atom is 0.322 e. The van der Waals surface area contributed by atoms with E-state index >= 15 is 0 Å². The van der Waals surface area contributed by atoms with Gasteiger partial charge in [0.05, 0.1) is 0 Å². The van der Waals surface area contributed by atoms with Crippen molar-refractivity contribution in [1.29, 1.82) is 5.41 Å². The molecule has 0 fully saturated rings. The van der Waals surface area contributed by atoms with Crippen LogP contribution in [0, 0.1) is 26.2 Å². The second-order valence-corrected chi connectivity index (χ2v) is 4.46. The number of aryl methyl sites for hydroxylation is 3. The molecule has 19 heavy (non-hydrogen) atoms. The zero-order valence-electron chi connectivity index (χ0n) is 11.2. The Labute approximate surface area is 112 Å². The van der Waals surface area contributed by atoms with Crippen molar-refractivity contribution in [1.82, 2.24) is 9.97 Å². The molecule has 3 N–H and O–H groups in total. The van der Waals surface area contributed by atoms with Gasteiger partial charge in [-0.1, -0.05) is 17.7 Å². The second-order valence-electron chi connectivity index (χ2n) is 4.46. The standard InChI is InChI=1S/C14H16N4O/c1-8-4-5-12(9(2)6-8)19-14-17-10(3)7-11(18-14)13(15)16/h4-7H,1-3H3,(H3,15,16). The number of hydrogen-bond acceptors (Lipinski definition) is 4. The van der Waals surface area contributed by atoms with Crippen LogP contribution in [0.3, 0.4) is 0 Å². The van der Waals surface area contributed by atoms with Crippen LogP contribution in [0.25, 0.3) is 0 Å². The Balaban J connectivity index is 2.35. The summed E-state index contributed by atoms with van der Waals surface area (Å²) in [6.07, 6.45) is 0. The van der Waals surface area contributed by atoms with Gasteiger partial charge in [0.2, 0.25) is 0 Å². The molecular weight excluding hydrogens is 240 g/mol. The van der Waals surface area contributed by atoms with E-state index in [2.05, 4.69) is 9.97 Å². The molecule has 2 rings (SSSR count). The Morgan fingerprint density at radius 3 is 2.53 bits per heavy atom. The fourth-order valence-electron chi connectivity index (χ4n) is 1.74. The number of nitrogen functional groups attached to an aromatic ring is 1. The number of amidine groups is 1. The number of nitrogens with two attached hydrogens (primary N) is 1. The SMILES string of the molecule is Cc1ccc(Oc2nc(C)cc(C(=N)N)n2)c(C)c1. The summed E-state index contributed by atoms with van der Waals surface area (Å²) >= 11 is 0. The molecule has 5 nitrogen and oxygen atoms in total. The van der Waals surface area contributed by atoms with Crippen molar-refractivity contribution in [2.45, 2.75) is 20.8 Å². The first-order chi connectivity index (χ1) is 8.95. The van der Waals surface area contributed by atoms with Gasteiger partial charge in [-0.15, -0.1) is 0 Å². The van der Waals surface area contributed by atoms with E-state index in [0.29, 0.717) is 17.1 Å². The predicted octanol–water partition coefficient (Wildman–Crippen LogP) is 2.48. The zero-order valence-corrected chi connectivity index (χ0v) is 11.2. The molecule has 0 saturated heterocycles. The predicted molar refractivity (Wildman–Crippen MR) is 73.8 cm³/mol. The fourth-order valence-corrected chi connectivity index (χ4v) is 1.74. The molecule has 5 heteroatoms. The van der Waals surface area contributed by atoms with Crippen LogP contribution in [0.4, 0.5) is 0 Å². The van der Waals surface area contributed by atoms with E-state index in [1.165, 1.54) is 5.56 Å². The molecule has 0 amide bonds. The molecular formula is C14H16N4O. The highest BCUT2D eigenvalue weighted by molar-refractivity contribution is 5.93. The van der Waals surface area contributed by atoms with Gasteiger partial charge in [-0.3, -0.25) is 5.41 Å². The summed E-state index contributed by atoms with van der Waals surface area (Å²) in [6, 6.07) is 7.72. The number of hydrogen-bond donors (Lipinski definition) is 2. The molecule has 0 unspecified atom stereocenters. The van der Waals surface area contributed by atoms with Crippen molar-refractivity contribution in [3.63, 3.8) is 0 Å². The summed E-state index contributed by atoms with van der Waals surface area (Å²) in [5, 5.41) is 7.41.